The van der Waals surface area contributed by atoms with Gasteiger partial charge in [0.1, 0.15) is 18.4 Å². The summed E-state index contributed by atoms with van der Waals surface area (Å²) in [7, 11) is 0. The van der Waals surface area contributed by atoms with Gasteiger partial charge in [-0.15, -0.1) is 10.1 Å². The van der Waals surface area contributed by atoms with E-state index in [0.717, 1.165) is 0 Å². The number of aliphatic carboxylic acids is 1. The molecule has 9 nitrogen and oxygen atoms in total. The van der Waals surface area contributed by atoms with E-state index in [9.17, 15) is 19.7 Å². The van der Waals surface area contributed by atoms with E-state index in [1.54, 1.807) is 12.1 Å². The summed E-state index contributed by atoms with van der Waals surface area (Å²) >= 11 is 1.47. The average molecular weight is 358 g/mol. The highest BCUT2D eigenvalue weighted by Gasteiger charge is 2.20. The SMILES string of the molecule is CSCCC(NC(=O)Oc1cccc(CCO[N+](=O)[O-])c1)C(=O)O. The van der Waals surface area contributed by atoms with Crippen molar-refractivity contribution in [2.75, 3.05) is 18.6 Å². The number of rotatable bonds is 10. The van der Waals surface area contributed by atoms with E-state index < -0.39 is 23.2 Å². The molecule has 1 aromatic carbocycles. The van der Waals surface area contributed by atoms with Crippen molar-refractivity contribution in [2.24, 2.45) is 0 Å². The van der Waals surface area contributed by atoms with Crippen LogP contribution >= 0.6 is 11.8 Å². The Labute approximate surface area is 142 Å². The van der Waals surface area contributed by atoms with E-state index >= 15 is 0 Å². The molecule has 0 aliphatic heterocycles. The summed E-state index contributed by atoms with van der Waals surface area (Å²) in [6, 6.07) is 5.34. The summed E-state index contributed by atoms with van der Waals surface area (Å²) in [6.45, 7) is -0.113. The maximum atomic E-state index is 11.8. The second-order valence-corrected chi connectivity index (χ2v) is 5.65. The Morgan fingerprint density at radius 1 is 1.46 bits per heavy atom. The van der Waals surface area contributed by atoms with Crippen LogP contribution in [-0.2, 0) is 16.1 Å². The van der Waals surface area contributed by atoms with Crippen LogP contribution in [0.4, 0.5) is 4.79 Å². The molecule has 0 saturated carbocycles. The van der Waals surface area contributed by atoms with Crippen molar-refractivity contribution < 1.29 is 29.4 Å². The molecule has 1 atom stereocenters. The van der Waals surface area contributed by atoms with Gasteiger partial charge in [-0.2, -0.15) is 11.8 Å². The zero-order valence-electron chi connectivity index (χ0n) is 13.0. The first-order valence-electron chi connectivity index (χ1n) is 6.98. The second kappa shape index (κ2) is 10.3. The van der Waals surface area contributed by atoms with Gasteiger partial charge in [0.05, 0.1) is 0 Å². The van der Waals surface area contributed by atoms with Crippen molar-refractivity contribution >= 4 is 23.8 Å². The molecule has 1 rings (SSSR count). The highest BCUT2D eigenvalue weighted by Crippen LogP contribution is 2.14. The van der Waals surface area contributed by atoms with Crippen LogP contribution in [0.25, 0.3) is 0 Å². The Bertz CT molecular complexity index is 582. The molecule has 0 aliphatic carbocycles. The van der Waals surface area contributed by atoms with Gasteiger partial charge in [-0.1, -0.05) is 12.1 Å². The van der Waals surface area contributed by atoms with E-state index in [2.05, 4.69) is 10.2 Å². The number of carbonyl (C=O) groups is 2. The Kier molecular flexibility index (Phi) is 8.41. The fourth-order valence-corrected chi connectivity index (χ4v) is 2.25. The first-order chi connectivity index (χ1) is 11.4. The monoisotopic (exact) mass is 358 g/mol. The van der Waals surface area contributed by atoms with Crippen molar-refractivity contribution in [3.63, 3.8) is 0 Å². The number of amides is 1. The Morgan fingerprint density at radius 3 is 2.83 bits per heavy atom. The first kappa shape index (κ1) is 19.6. The van der Waals surface area contributed by atoms with Gasteiger partial charge in [0.15, 0.2) is 0 Å². The lowest BCUT2D eigenvalue weighted by Gasteiger charge is -2.14. The molecular formula is C14H18N2O7S. The summed E-state index contributed by atoms with van der Waals surface area (Å²) in [5.74, 6) is -0.338. The smallest absolute Gasteiger partial charge is 0.413 e. The highest BCUT2D eigenvalue weighted by atomic mass is 32.2. The topological polar surface area (TPSA) is 128 Å². The molecule has 1 amide bonds. The minimum Gasteiger partial charge on any atom is -0.480 e. The lowest BCUT2D eigenvalue weighted by Crippen LogP contribution is -2.42. The zero-order valence-corrected chi connectivity index (χ0v) is 13.8. The summed E-state index contributed by atoms with van der Waals surface area (Å²) < 4.78 is 5.05. The molecule has 0 bridgehead atoms. The quantitative estimate of drug-likeness (QED) is 0.478. The summed E-state index contributed by atoms with van der Waals surface area (Å²) in [6.07, 6.45) is 1.52. The number of benzene rings is 1. The van der Waals surface area contributed by atoms with E-state index in [-0.39, 0.29) is 25.2 Å². The lowest BCUT2D eigenvalue weighted by molar-refractivity contribution is -0.757. The molecular weight excluding hydrogens is 340 g/mol. The summed E-state index contributed by atoms with van der Waals surface area (Å²) in [4.78, 5) is 37.2. The third-order valence-corrected chi connectivity index (χ3v) is 3.54. The van der Waals surface area contributed by atoms with E-state index in [4.69, 9.17) is 9.84 Å². The van der Waals surface area contributed by atoms with Crippen LogP contribution in [0.3, 0.4) is 0 Å². The standard InChI is InChI=1S/C14H18N2O7S/c1-24-8-6-12(13(17)18)15-14(19)23-11-4-2-3-10(9-11)5-7-22-16(20)21/h2-4,9,12H,5-8H2,1H3,(H,15,19)(H,17,18). The number of carboxylic acid groups (broad SMARTS) is 1. The third kappa shape index (κ3) is 7.68. The van der Waals surface area contributed by atoms with E-state index in [1.807, 2.05) is 6.26 Å². The lowest BCUT2D eigenvalue weighted by atomic mass is 10.1. The van der Waals surface area contributed by atoms with Crippen LogP contribution < -0.4 is 10.1 Å². The Hall–Kier alpha value is -2.49. The molecule has 1 unspecified atom stereocenters. The zero-order chi connectivity index (χ0) is 17.9. The molecule has 0 aliphatic rings. The van der Waals surface area contributed by atoms with Crippen LogP contribution in [0.1, 0.15) is 12.0 Å². The number of nitrogens with zero attached hydrogens (tertiary/aromatic N) is 1. The molecule has 0 aromatic heterocycles. The van der Waals surface area contributed by atoms with Gasteiger partial charge in [0.25, 0.3) is 5.09 Å². The van der Waals surface area contributed by atoms with Gasteiger partial charge >= 0.3 is 12.1 Å². The van der Waals surface area contributed by atoms with Gasteiger partial charge in [-0.25, -0.2) is 9.59 Å². The van der Waals surface area contributed by atoms with Gasteiger partial charge in [0, 0.05) is 0 Å². The van der Waals surface area contributed by atoms with Gasteiger partial charge in [0.2, 0.25) is 0 Å². The molecule has 10 heteroatoms. The van der Waals surface area contributed by atoms with Gasteiger partial charge in [-0.05, 0) is 42.5 Å². The van der Waals surface area contributed by atoms with Gasteiger partial charge in [-0.3, -0.25) is 0 Å². The molecule has 132 valence electrons. The number of hydrogen-bond donors (Lipinski definition) is 2. The van der Waals surface area contributed by atoms with Crippen molar-refractivity contribution in [3.05, 3.63) is 39.9 Å². The molecule has 0 heterocycles. The number of thioether (sulfide) groups is 1. The summed E-state index contributed by atoms with van der Waals surface area (Å²) in [5.41, 5.74) is 0.680. The molecule has 0 spiro atoms. The molecule has 0 saturated heterocycles. The average Bonchev–Trinajstić information content (AvgIpc) is 2.51. The Balaban J connectivity index is 2.56. The molecule has 1 aromatic rings. The van der Waals surface area contributed by atoms with Crippen LogP contribution in [0.5, 0.6) is 5.75 Å². The molecule has 0 radical (unpaired) electrons. The number of nitrogens with one attached hydrogen (secondary N) is 1. The fourth-order valence-electron chi connectivity index (χ4n) is 1.77. The minimum absolute atomic E-state index is 0.113. The van der Waals surface area contributed by atoms with E-state index in [0.29, 0.717) is 11.3 Å². The van der Waals surface area contributed by atoms with Crippen molar-refractivity contribution in [3.8, 4) is 5.75 Å². The molecule has 2 N–H and O–H groups in total. The number of carbonyl (C=O) groups excluding carboxylic acids is 1. The van der Waals surface area contributed by atoms with Crippen LogP contribution in [0, 0.1) is 10.1 Å². The van der Waals surface area contributed by atoms with Gasteiger partial charge < -0.3 is 20.0 Å². The maximum absolute atomic E-state index is 11.8. The first-order valence-corrected chi connectivity index (χ1v) is 8.38. The highest BCUT2D eigenvalue weighted by molar-refractivity contribution is 7.98. The predicted octanol–water partition coefficient (Wildman–Crippen LogP) is 1.73. The van der Waals surface area contributed by atoms with Crippen LogP contribution in [0.15, 0.2) is 24.3 Å². The van der Waals surface area contributed by atoms with E-state index in [1.165, 1.54) is 23.9 Å². The second-order valence-electron chi connectivity index (χ2n) is 4.66. The summed E-state index contributed by atoms with van der Waals surface area (Å²) in [5, 5.41) is 20.6. The minimum atomic E-state index is -1.13. The normalized spacial score (nSPS) is 11.4. The third-order valence-electron chi connectivity index (χ3n) is 2.90. The predicted molar refractivity (Wildman–Crippen MR) is 86.7 cm³/mol. The largest absolute Gasteiger partial charge is 0.480 e. The number of ether oxygens (including phenoxy) is 1. The molecule has 24 heavy (non-hydrogen) atoms. The Morgan fingerprint density at radius 2 is 2.21 bits per heavy atom. The maximum Gasteiger partial charge on any atom is 0.413 e. The fraction of sp³-hybridized carbons (Fsp3) is 0.429. The van der Waals surface area contributed by atoms with Crippen molar-refractivity contribution in [1.29, 1.82) is 0 Å². The number of carboxylic acids is 1. The van der Waals surface area contributed by atoms with Crippen LogP contribution in [0.2, 0.25) is 0 Å². The number of hydrogen-bond acceptors (Lipinski definition) is 7. The van der Waals surface area contributed by atoms with Crippen molar-refractivity contribution in [1.82, 2.24) is 5.32 Å². The van der Waals surface area contributed by atoms with Crippen molar-refractivity contribution in [2.45, 2.75) is 18.9 Å². The van der Waals surface area contributed by atoms with Crippen LogP contribution in [-0.4, -0.2) is 46.9 Å². The molecule has 0 fully saturated rings.